The minimum Gasteiger partial charge on any atom is -0.370 e. The summed E-state index contributed by atoms with van der Waals surface area (Å²) in [6, 6.07) is 8.98. The monoisotopic (exact) mass is 256 g/mol. The van der Waals surface area contributed by atoms with E-state index < -0.39 is 0 Å². The maximum Gasteiger partial charge on any atom is 0.276 e. The Labute approximate surface area is 112 Å². The number of amides is 1. The van der Waals surface area contributed by atoms with Crippen LogP contribution in [-0.4, -0.2) is 29.5 Å². The van der Waals surface area contributed by atoms with Crippen LogP contribution in [0.3, 0.4) is 0 Å². The van der Waals surface area contributed by atoms with E-state index in [2.05, 4.69) is 15.3 Å². The third kappa shape index (κ3) is 3.07. The number of nitrogens with zero attached hydrogens (tertiary/aromatic N) is 3. The molecule has 5 nitrogen and oxygen atoms in total. The lowest BCUT2D eigenvalue weighted by molar-refractivity contribution is 0.0988. The van der Waals surface area contributed by atoms with Gasteiger partial charge < -0.3 is 10.2 Å². The molecule has 98 valence electrons. The van der Waals surface area contributed by atoms with Gasteiger partial charge in [0.05, 0.1) is 11.9 Å². The molecule has 0 atom stereocenters. The summed E-state index contributed by atoms with van der Waals surface area (Å²) >= 11 is 0. The highest BCUT2D eigenvalue weighted by Gasteiger charge is 2.15. The number of carbonyl (C=O) groups excluding carboxylic acids is 1. The van der Waals surface area contributed by atoms with Gasteiger partial charge in [0.2, 0.25) is 0 Å². The molecular formula is C14H16N4O. The predicted octanol–water partition coefficient (Wildman–Crippen LogP) is 2.18. The van der Waals surface area contributed by atoms with Gasteiger partial charge in [-0.05, 0) is 31.2 Å². The Morgan fingerprint density at radius 2 is 2.16 bits per heavy atom. The Bertz CT molecular complexity index is 556. The topological polar surface area (TPSA) is 58.1 Å². The molecule has 0 unspecified atom stereocenters. The van der Waals surface area contributed by atoms with E-state index >= 15 is 0 Å². The molecule has 1 N–H and O–H groups in total. The summed E-state index contributed by atoms with van der Waals surface area (Å²) in [6.45, 7) is 2.75. The van der Waals surface area contributed by atoms with Crippen LogP contribution in [0.4, 0.5) is 11.5 Å². The van der Waals surface area contributed by atoms with Crippen LogP contribution >= 0.6 is 0 Å². The molecule has 2 aromatic heterocycles. The molecule has 2 aromatic rings. The first kappa shape index (κ1) is 13.0. The Kier molecular flexibility index (Phi) is 4.07. The smallest absolute Gasteiger partial charge is 0.276 e. The van der Waals surface area contributed by atoms with Gasteiger partial charge in [0.1, 0.15) is 11.5 Å². The van der Waals surface area contributed by atoms with E-state index in [-0.39, 0.29) is 5.91 Å². The summed E-state index contributed by atoms with van der Waals surface area (Å²) in [6.07, 6.45) is 3.32. The number of aromatic nitrogens is 2. The second-order valence-corrected chi connectivity index (χ2v) is 4.01. The number of pyridine rings is 2. The Balaban J connectivity index is 2.22. The van der Waals surface area contributed by atoms with Crippen LogP contribution in [0.2, 0.25) is 0 Å². The standard InChI is InChI=1S/C14H16N4O/c1-3-16-13-8-4-7-12(17-13)14(19)18(2)11-6-5-9-15-10-11/h4-10H,3H2,1-2H3,(H,16,17). The molecule has 0 saturated carbocycles. The third-order valence-corrected chi connectivity index (χ3v) is 2.66. The molecular weight excluding hydrogens is 240 g/mol. The average molecular weight is 256 g/mol. The quantitative estimate of drug-likeness (QED) is 0.911. The van der Waals surface area contributed by atoms with E-state index in [1.54, 1.807) is 31.6 Å². The highest BCUT2D eigenvalue weighted by atomic mass is 16.2. The molecule has 0 aromatic carbocycles. The Morgan fingerprint density at radius 3 is 2.84 bits per heavy atom. The van der Waals surface area contributed by atoms with Gasteiger partial charge in [-0.1, -0.05) is 6.07 Å². The van der Waals surface area contributed by atoms with Crippen molar-refractivity contribution in [2.24, 2.45) is 0 Å². The molecule has 1 amide bonds. The van der Waals surface area contributed by atoms with Gasteiger partial charge >= 0.3 is 0 Å². The maximum absolute atomic E-state index is 12.3. The van der Waals surface area contributed by atoms with Gasteiger partial charge in [-0.2, -0.15) is 0 Å². The van der Waals surface area contributed by atoms with Crippen molar-refractivity contribution in [1.82, 2.24) is 9.97 Å². The normalized spacial score (nSPS) is 10.0. The van der Waals surface area contributed by atoms with Crippen molar-refractivity contribution in [2.45, 2.75) is 6.92 Å². The van der Waals surface area contributed by atoms with Crippen LogP contribution in [0.15, 0.2) is 42.7 Å². The largest absolute Gasteiger partial charge is 0.370 e. The lowest BCUT2D eigenvalue weighted by Gasteiger charge is -2.16. The molecule has 0 saturated heterocycles. The number of nitrogens with one attached hydrogen (secondary N) is 1. The van der Waals surface area contributed by atoms with Gasteiger partial charge in [0.15, 0.2) is 0 Å². The maximum atomic E-state index is 12.3. The zero-order valence-electron chi connectivity index (χ0n) is 11.0. The van der Waals surface area contributed by atoms with Gasteiger partial charge in [-0.3, -0.25) is 9.78 Å². The summed E-state index contributed by atoms with van der Waals surface area (Å²) in [5.41, 5.74) is 1.15. The van der Waals surface area contributed by atoms with Gasteiger partial charge in [0, 0.05) is 19.8 Å². The van der Waals surface area contributed by atoms with Crippen molar-refractivity contribution >= 4 is 17.4 Å². The number of anilines is 2. The van der Waals surface area contributed by atoms with E-state index in [4.69, 9.17) is 0 Å². The van der Waals surface area contributed by atoms with Gasteiger partial charge in [-0.15, -0.1) is 0 Å². The fourth-order valence-electron chi connectivity index (χ4n) is 1.67. The fraction of sp³-hybridized carbons (Fsp3) is 0.214. The molecule has 2 rings (SSSR count). The minimum absolute atomic E-state index is 0.159. The van der Waals surface area contributed by atoms with Crippen LogP contribution in [0.1, 0.15) is 17.4 Å². The number of hydrogen-bond donors (Lipinski definition) is 1. The summed E-state index contributed by atoms with van der Waals surface area (Å²) in [5, 5.41) is 3.09. The van der Waals surface area contributed by atoms with E-state index in [9.17, 15) is 4.79 Å². The SMILES string of the molecule is CCNc1cccc(C(=O)N(C)c2cccnc2)n1. The molecule has 0 spiro atoms. The summed E-state index contributed by atoms with van der Waals surface area (Å²) in [7, 11) is 1.71. The summed E-state index contributed by atoms with van der Waals surface area (Å²) < 4.78 is 0. The highest BCUT2D eigenvalue weighted by molar-refractivity contribution is 6.04. The van der Waals surface area contributed by atoms with Crippen LogP contribution < -0.4 is 10.2 Å². The summed E-state index contributed by atoms with van der Waals surface area (Å²) in [4.78, 5) is 22.1. The van der Waals surface area contributed by atoms with Crippen molar-refractivity contribution in [3.05, 3.63) is 48.4 Å². The zero-order valence-corrected chi connectivity index (χ0v) is 11.0. The lowest BCUT2D eigenvalue weighted by atomic mass is 10.3. The molecule has 0 fully saturated rings. The molecule has 0 bridgehead atoms. The van der Waals surface area contributed by atoms with Gasteiger partial charge in [-0.25, -0.2) is 4.98 Å². The van der Waals surface area contributed by atoms with Crippen molar-refractivity contribution < 1.29 is 4.79 Å². The fourth-order valence-corrected chi connectivity index (χ4v) is 1.67. The van der Waals surface area contributed by atoms with Crippen LogP contribution in [0, 0.1) is 0 Å². The Morgan fingerprint density at radius 1 is 1.32 bits per heavy atom. The van der Waals surface area contributed by atoms with E-state index in [0.717, 1.165) is 12.2 Å². The van der Waals surface area contributed by atoms with E-state index in [0.29, 0.717) is 11.5 Å². The van der Waals surface area contributed by atoms with Crippen LogP contribution in [0.25, 0.3) is 0 Å². The first-order chi connectivity index (χ1) is 9.22. The van der Waals surface area contributed by atoms with Crippen molar-refractivity contribution in [2.75, 3.05) is 23.8 Å². The van der Waals surface area contributed by atoms with Crippen molar-refractivity contribution in [1.29, 1.82) is 0 Å². The van der Waals surface area contributed by atoms with Crippen molar-refractivity contribution in [3.63, 3.8) is 0 Å². The number of rotatable bonds is 4. The summed E-state index contributed by atoms with van der Waals surface area (Å²) in [5.74, 6) is 0.542. The number of hydrogen-bond acceptors (Lipinski definition) is 4. The van der Waals surface area contributed by atoms with E-state index in [1.807, 2.05) is 25.1 Å². The molecule has 2 heterocycles. The second kappa shape index (κ2) is 5.95. The molecule has 5 heteroatoms. The first-order valence-electron chi connectivity index (χ1n) is 6.11. The lowest BCUT2D eigenvalue weighted by Crippen LogP contribution is -2.27. The minimum atomic E-state index is -0.159. The second-order valence-electron chi connectivity index (χ2n) is 4.01. The highest BCUT2D eigenvalue weighted by Crippen LogP contribution is 2.13. The van der Waals surface area contributed by atoms with E-state index in [1.165, 1.54) is 4.90 Å². The van der Waals surface area contributed by atoms with Crippen LogP contribution in [-0.2, 0) is 0 Å². The zero-order chi connectivity index (χ0) is 13.7. The average Bonchev–Trinajstić information content (AvgIpc) is 2.47. The molecule has 0 aliphatic rings. The van der Waals surface area contributed by atoms with Gasteiger partial charge in [0.25, 0.3) is 5.91 Å². The molecule has 0 radical (unpaired) electrons. The first-order valence-corrected chi connectivity index (χ1v) is 6.11. The van der Waals surface area contributed by atoms with Crippen molar-refractivity contribution in [3.8, 4) is 0 Å². The predicted molar refractivity (Wildman–Crippen MR) is 75.4 cm³/mol. The Hall–Kier alpha value is -2.43. The number of carbonyl (C=O) groups is 1. The molecule has 0 aliphatic heterocycles. The van der Waals surface area contributed by atoms with Crippen LogP contribution in [0.5, 0.6) is 0 Å². The third-order valence-electron chi connectivity index (χ3n) is 2.66. The molecule has 19 heavy (non-hydrogen) atoms. The molecule has 0 aliphatic carbocycles.